The van der Waals surface area contributed by atoms with Crippen LogP contribution in [0.4, 0.5) is 5.95 Å². The van der Waals surface area contributed by atoms with Crippen LogP contribution in [0.15, 0.2) is 16.0 Å². The van der Waals surface area contributed by atoms with Crippen LogP contribution in [0.1, 0.15) is 0 Å². The van der Waals surface area contributed by atoms with E-state index >= 15 is 0 Å². The van der Waals surface area contributed by atoms with Gasteiger partial charge in [-0.15, -0.1) is 4.91 Å². The second kappa shape index (κ2) is 2.26. The van der Waals surface area contributed by atoms with E-state index in [9.17, 15) is 9.70 Å². The molecule has 0 fully saturated rings. The predicted molar refractivity (Wildman–Crippen MR) is 32.0 cm³/mol. The Morgan fingerprint density at radius 1 is 1.70 bits per heavy atom. The third kappa shape index (κ3) is 1.16. The van der Waals surface area contributed by atoms with E-state index in [-0.39, 0.29) is 0 Å². The molecule has 1 aromatic rings. The van der Waals surface area contributed by atoms with E-state index in [0.29, 0.717) is 0 Å². The monoisotopic (exact) mass is 141 g/mol. The fourth-order valence-corrected chi connectivity index (χ4v) is 0.475. The van der Waals surface area contributed by atoms with Gasteiger partial charge in [0.2, 0.25) is 5.88 Å². The lowest BCUT2D eigenvalue weighted by atomic mass is 10.6. The Labute approximate surface area is 54.5 Å². The van der Waals surface area contributed by atoms with Gasteiger partial charge >= 0.3 is 0 Å². The summed E-state index contributed by atoms with van der Waals surface area (Å²) in [6, 6.07) is 0.842. The smallest absolute Gasteiger partial charge is 0.275 e. The summed E-state index contributed by atoms with van der Waals surface area (Å²) in [5.74, 6) is -0.941. The average molecular weight is 141 g/mol. The van der Waals surface area contributed by atoms with Gasteiger partial charge in [0.15, 0.2) is 0 Å². The summed E-state index contributed by atoms with van der Waals surface area (Å²) in [4.78, 5) is 25.3. The minimum absolute atomic E-state index is 0.426. The summed E-state index contributed by atoms with van der Waals surface area (Å²) in [5, 5.41) is 10.9. The van der Waals surface area contributed by atoms with E-state index in [0.717, 1.165) is 6.07 Å². The Kier molecular flexibility index (Phi) is 1.44. The van der Waals surface area contributed by atoms with E-state index in [2.05, 4.69) is 10.2 Å². The first-order chi connectivity index (χ1) is 4.72. The Morgan fingerprint density at radius 3 is 2.90 bits per heavy atom. The molecule has 0 aliphatic rings. The molecular weight excluding hydrogens is 138 g/mol. The van der Waals surface area contributed by atoms with Crippen molar-refractivity contribution < 1.29 is 5.11 Å². The molecule has 0 saturated carbocycles. The molecule has 0 atom stereocenters. The highest BCUT2D eigenvalue weighted by molar-refractivity contribution is 5.18. The van der Waals surface area contributed by atoms with Gasteiger partial charge in [0, 0.05) is 5.18 Å². The van der Waals surface area contributed by atoms with Gasteiger partial charge in [0.25, 0.3) is 11.5 Å². The first-order valence-corrected chi connectivity index (χ1v) is 2.36. The number of aromatic nitrogens is 2. The molecule has 0 aliphatic carbocycles. The zero-order chi connectivity index (χ0) is 7.56. The quantitative estimate of drug-likeness (QED) is 0.532. The molecule has 0 aliphatic heterocycles. The summed E-state index contributed by atoms with van der Waals surface area (Å²) >= 11 is 0. The minimum Gasteiger partial charge on any atom is -0.493 e. The average Bonchev–Trinajstić information content (AvgIpc) is 1.85. The van der Waals surface area contributed by atoms with Gasteiger partial charge < -0.3 is 5.11 Å². The van der Waals surface area contributed by atoms with Crippen molar-refractivity contribution in [2.75, 3.05) is 0 Å². The van der Waals surface area contributed by atoms with Crippen molar-refractivity contribution in [3.05, 3.63) is 21.3 Å². The molecule has 6 heteroatoms. The van der Waals surface area contributed by atoms with Gasteiger partial charge in [0.1, 0.15) is 0 Å². The lowest BCUT2D eigenvalue weighted by molar-refractivity contribution is 0.451. The van der Waals surface area contributed by atoms with Crippen LogP contribution < -0.4 is 5.56 Å². The van der Waals surface area contributed by atoms with Gasteiger partial charge in [0.05, 0.1) is 6.07 Å². The number of nitrogens with zero attached hydrogens (tertiary/aromatic N) is 2. The minimum atomic E-state index is -0.609. The van der Waals surface area contributed by atoms with Crippen LogP contribution in [0.3, 0.4) is 0 Å². The highest BCUT2D eigenvalue weighted by Gasteiger charge is 1.96. The summed E-state index contributed by atoms with van der Waals surface area (Å²) in [7, 11) is 0. The van der Waals surface area contributed by atoms with Gasteiger partial charge in [-0.1, -0.05) is 0 Å². The van der Waals surface area contributed by atoms with Crippen LogP contribution >= 0.6 is 0 Å². The second-order valence-corrected chi connectivity index (χ2v) is 1.52. The van der Waals surface area contributed by atoms with Crippen LogP contribution in [-0.2, 0) is 0 Å². The van der Waals surface area contributed by atoms with Gasteiger partial charge in [-0.25, -0.2) is 0 Å². The molecule has 0 saturated heterocycles. The lowest BCUT2D eigenvalue weighted by Crippen LogP contribution is -2.03. The van der Waals surface area contributed by atoms with Gasteiger partial charge in [-0.05, 0) is 0 Å². The highest BCUT2D eigenvalue weighted by atomic mass is 16.3. The number of rotatable bonds is 1. The highest BCUT2D eigenvalue weighted by Crippen LogP contribution is 2.03. The summed E-state index contributed by atoms with van der Waals surface area (Å²) in [6.45, 7) is 0. The fraction of sp³-hybridized carbons (Fsp3) is 0. The Hall–Kier alpha value is -1.72. The van der Waals surface area contributed by atoms with Gasteiger partial charge in [-0.2, -0.15) is 4.98 Å². The Bertz CT molecular complexity index is 305. The molecule has 6 nitrogen and oxygen atoms in total. The summed E-state index contributed by atoms with van der Waals surface area (Å²) < 4.78 is 0. The fourth-order valence-electron chi connectivity index (χ4n) is 0.475. The van der Waals surface area contributed by atoms with Crippen molar-refractivity contribution in [1.29, 1.82) is 0 Å². The molecular formula is C4H3N3O3. The van der Waals surface area contributed by atoms with Crippen molar-refractivity contribution in [3.8, 4) is 5.88 Å². The first-order valence-electron chi connectivity index (χ1n) is 2.36. The van der Waals surface area contributed by atoms with E-state index < -0.39 is 17.4 Å². The molecule has 0 spiro atoms. The van der Waals surface area contributed by atoms with Crippen LogP contribution in [-0.4, -0.2) is 15.1 Å². The first kappa shape index (κ1) is 6.40. The third-order valence-corrected chi connectivity index (χ3v) is 0.802. The Balaban J connectivity index is 3.32. The van der Waals surface area contributed by atoms with Crippen LogP contribution in [0.25, 0.3) is 0 Å². The van der Waals surface area contributed by atoms with Crippen LogP contribution in [0, 0.1) is 4.91 Å². The third-order valence-electron chi connectivity index (χ3n) is 0.802. The second-order valence-electron chi connectivity index (χ2n) is 1.52. The van der Waals surface area contributed by atoms with Crippen molar-refractivity contribution >= 4 is 5.95 Å². The maximum Gasteiger partial charge on any atom is 0.275 e. The number of hydrogen-bond acceptors (Lipinski definition) is 5. The molecule has 0 bridgehead atoms. The number of nitrogens with one attached hydrogen (secondary N) is 1. The van der Waals surface area contributed by atoms with E-state index in [4.69, 9.17) is 5.11 Å². The molecule has 0 unspecified atom stereocenters. The van der Waals surface area contributed by atoms with Crippen molar-refractivity contribution in [3.63, 3.8) is 0 Å². The molecule has 1 heterocycles. The molecule has 0 radical (unpaired) electrons. The zero-order valence-corrected chi connectivity index (χ0v) is 4.74. The number of hydrogen-bond donors (Lipinski definition) is 2. The normalized spacial score (nSPS) is 9.20. The number of H-pyrrole nitrogens is 1. The maximum absolute atomic E-state index is 10.4. The number of aromatic hydroxyl groups is 1. The zero-order valence-electron chi connectivity index (χ0n) is 4.74. The van der Waals surface area contributed by atoms with Crippen molar-refractivity contribution in [2.45, 2.75) is 0 Å². The molecule has 2 N–H and O–H groups in total. The van der Waals surface area contributed by atoms with E-state index in [1.54, 1.807) is 0 Å². The van der Waals surface area contributed by atoms with E-state index in [1.807, 2.05) is 4.98 Å². The standard InChI is InChI=1S/C4H3N3O3/c8-2-1-3(9)6-4(5-2)7-10/h1H,(H2,5,6,8,9). The summed E-state index contributed by atoms with van der Waals surface area (Å²) in [6.07, 6.45) is 0. The number of nitroso groups, excluding NO2 is 1. The molecule has 1 aromatic heterocycles. The largest absolute Gasteiger partial charge is 0.493 e. The molecule has 0 amide bonds. The summed E-state index contributed by atoms with van der Waals surface area (Å²) in [5.41, 5.74) is -0.609. The van der Waals surface area contributed by atoms with Crippen molar-refractivity contribution in [2.24, 2.45) is 5.18 Å². The molecule has 1 rings (SSSR count). The topological polar surface area (TPSA) is 95.4 Å². The molecule has 52 valence electrons. The molecule has 10 heavy (non-hydrogen) atoms. The lowest BCUT2D eigenvalue weighted by Gasteiger charge is -1.87. The maximum atomic E-state index is 10.4. The SMILES string of the molecule is O=Nc1nc(O)cc(=O)[nH]1. The number of aromatic amines is 1. The Morgan fingerprint density at radius 2 is 2.40 bits per heavy atom. The van der Waals surface area contributed by atoms with Crippen molar-refractivity contribution in [1.82, 2.24) is 9.97 Å². The molecule has 0 aromatic carbocycles. The predicted octanol–water partition coefficient (Wildman–Crippen LogP) is -0.127. The van der Waals surface area contributed by atoms with Gasteiger partial charge in [-0.3, -0.25) is 9.78 Å². The van der Waals surface area contributed by atoms with Crippen LogP contribution in [0.5, 0.6) is 5.88 Å². The van der Waals surface area contributed by atoms with Crippen LogP contribution in [0.2, 0.25) is 0 Å². The van der Waals surface area contributed by atoms with E-state index in [1.165, 1.54) is 0 Å².